The number of esters is 1. The van der Waals surface area contributed by atoms with E-state index in [1.807, 2.05) is 24.3 Å². The molecule has 4 atom stereocenters. The van der Waals surface area contributed by atoms with Gasteiger partial charge < -0.3 is 19.0 Å². The molecule has 0 spiro atoms. The van der Waals surface area contributed by atoms with Crippen LogP contribution in [-0.4, -0.2) is 48.7 Å². The Hall–Kier alpha value is -2.97. The first-order chi connectivity index (χ1) is 13.0. The maximum absolute atomic E-state index is 12.6. The second-order valence-electron chi connectivity index (χ2n) is 6.43. The van der Waals surface area contributed by atoms with Gasteiger partial charge in [0.15, 0.2) is 12.2 Å². The summed E-state index contributed by atoms with van der Waals surface area (Å²) in [5.74, 6) is -0.502. The molecule has 0 saturated carbocycles. The minimum atomic E-state index is -0.869. The summed E-state index contributed by atoms with van der Waals surface area (Å²) in [7, 11) is 0. The molecule has 0 N–H and O–H groups in total. The molecule has 27 heavy (non-hydrogen) atoms. The van der Waals surface area contributed by atoms with Crippen molar-refractivity contribution in [2.24, 2.45) is 0 Å². The fraction of sp³-hybridized carbons (Fsp3) is 0.316. The smallest absolute Gasteiger partial charge is 0.338 e. The summed E-state index contributed by atoms with van der Waals surface area (Å²) in [4.78, 5) is 27.6. The van der Waals surface area contributed by atoms with Crippen LogP contribution in [0, 0.1) is 10.1 Å². The van der Waals surface area contributed by atoms with Crippen molar-refractivity contribution in [1.29, 1.82) is 0 Å². The van der Waals surface area contributed by atoms with Gasteiger partial charge in [-0.25, -0.2) is 4.79 Å². The fourth-order valence-corrected chi connectivity index (χ4v) is 3.46. The van der Waals surface area contributed by atoms with Crippen LogP contribution in [0.5, 0.6) is 0 Å². The van der Waals surface area contributed by atoms with E-state index in [0.29, 0.717) is 5.56 Å². The van der Waals surface area contributed by atoms with Crippen LogP contribution in [0.2, 0.25) is 0 Å². The SMILES string of the molecule is C=Cc1ccc2ccc(C(=O)OC3COC4C(O[N+](=O)[O-])COC34)cc2c1. The van der Waals surface area contributed by atoms with E-state index >= 15 is 0 Å². The third-order valence-electron chi connectivity index (χ3n) is 4.78. The van der Waals surface area contributed by atoms with Crippen LogP contribution in [0.15, 0.2) is 43.0 Å². The van der Waals surface area contributed by atoms with E-state index in [-0.39, 0.29) is 13.2 Å². The van der Waals surface area contributed by atoms with Gasteiger partial charge in [0.05, 0.1) is 18.8 Å². The Kier molecular flexibility index (Phi) is 4.51. The van der Waals surface area contributed by atoms with Gasteiger partial charge in [0, 0.05) is 0 Å². The second-order valence-corrected chi connectivity index (χ2v) is 6.43. The maximum Gasteiger partial charge on any atom is 0.338 e. The molecule has 0 bridgehead atoms. The van der Waals surface area contributed by atoms with E-state index in [1.54, 1.807) is 18.2 Å². The summed E-state index contributed by atoms with van der Waals surface area (Å²) < 4.78 is 16.5. The highest BCUT2D eigenvalue weighted by atomic mass is 17.0. The molecule has 0 aromatic heterocycles. The lowest BCUT2D eigenvalue weighted by atomic mass is 10.0. The zero-order valence-corrected chi connectivity index (χ0v) is 14.3. The lowest BCUT2D eigenvalue weighted by Gasteiger charge is -2.17. The van der Waals surface area contributed by atoms with Crippen LogP contribution in [0.25, 0.3) is 16.8 Å². The lowest BCUT2D eigenvalue weighted by Crippen LogP contribution is -2.35. The predicted molar refractivity (Wildman–Crippen MR) is 94.6 cm³/mol. The van der Waals surface area contributed by atoms with Crippen LogP contribution >= 0.6 is 0 Å². The number of carbonyl (C=O) groups is 1. The molecule has 2 aliphatic heterocycles. The van der Waals surface area contributed by atoms with Crippen LogP contribution in [-0.2, 0) is 19.0 Å². The van der Waals surface area contributed by atoms with Gasteiger partial charge in [0.25, 0.3) is 5.09 Å². The first-order valence-corrected chi connectivity index (χ1v) is 8.47. The van der Waals surface area contributed by atoms with Crippen LogP contribution in [0.1, 0.15) is 15.9 Å². The second kappa shape index (κ2) is 6.98. The van der Waals surface area contributed by atoms with Crippen molar-refractivity contribution in [2.45, 2.75) is 24.4 Å². The first kappa shape index (κ1) is 17.4. The Balaban J connectivity index is 1.47. The van der Waals surface area contributed by atoms with Crippen molar-refractivity contribution in [3.05, 3.63) is 64.2 Å². The largest absolute Gasteiger partial charge is 0.453 e. The molecule has 0 aliphatic carbocycles. The quantitative estimate of drug-likeness (QED) is 0.452. The molecule has 2 aromatic carbocycles. The molecule has 2 fully saturated rings. The third-order valence-corrected chi connectivity index (χ3v) is 4.78. The molecule has 2 aliphatic rings. The topological polar surface area (TPSA) is 97.1 Å². The van der Waals surface area contributed by atoms with Crippen LogP contribution in [0.4, 0.5) is 0 Å². The van der Waals surface area contributed by atoms with Gasteiger partial charge in [-0.3, -0.25) is 0 Å². The van der Waals surface area contributed by atoms with E-state index in [4.69, 9.17) is 14.2 Å². The van der Waals surface area contributed by atoms with Crippen LogP contribution < -0.4 is 0 Å². The van der Waals surface area contributed by atoms with Gasteiger partial charge in [0.1, 0.15) is 12.2 Å². The van der Waals surface area contributed by atoms with Crippen molar-refractivity contribution >= 4 is 22.8 Å². The average Bonchev–Trinajstić information content (AvgIpc) is 3.24. The van der Waals surface area contributed by atoms with E-state index in [0.717, 1.165) is 16.3 Å². The van der Waals surface area contributed by atoms with Gasteiger partial charge >= 0.3 is 5.97 Å². The van der Waals surface area contributed by atoms with Gasteiger partial charge in [-0.1, -0.05) is 30.9 Å². The molecule has 0 amide bonds. The minimum absolute atomic E-state index is 0.0185. The molecule has 2 aromatic rings. The van der Waals surface area contributed by atoms with Gasteiger partial charge in [-0.2, -0.15) is 0 Å². The van der Waals surface area contributed by atoms with Gasteiger partial charge in [-0.05, 0) is 34.5 Å². The Morgan fingerprint density at radius 1 is 1.11 bits per heavy atom. The number of benzene rings is 2. The average molecular weight is 371 g/mol. The molecular weight excluding hydrogens is 354 g/mol. The first-order valence-electron chi connectivity index (χ1n) is 8.47. The van der Waals surface area contributed by atoms with Crippen molar-refractivity contribution in [2.75, 3.05) is 13.2 Å². The van der Waals surface area contributed by atoms with Crippen molar-refractivity contribution in [1.82, 2.24) is 0 Å². The standard InChI is InChI=1S/C19H17NO7/c1-2-11-3-4-12-5-6-13(8-14(12)7-11)19(21)26-15-9-24-18-16(27-20(22)23)10-25-17(15)18/h2-8,15-18H,1,9-10H2. The van der Waals surface area contributed by atoms with E-state index in [9.17, 15) is 14.9 Å². The number of rotatable bonds is 5. The Labute approximate surface area is 154 Å². The summed E-state index contributed by atoms with van der Waals surface area (Å²) >= 11 is 0. The summed E-state index contributed by atoms with van der Waals surface area (Å²) in [5, 5.41) is 11.6. The molecule has 140 valence electrons. The number of hydrogen-bond donors (Lipinski definition) is 0. The number of nitrogens with zero attached hydrogens (tertiary/aromatic N) is 1. The Morgan fingerprint density at radius 2 is 1.81 bits per heavy atom. The maximum atomic E-state index is 12.6. The summed E-state index contributed by atoms with van der Waals surface area (Å²) in [6, 6.07) is 11.1. The highest BCUT2D eigenvalue weighted by Gasteiger charge is 2.51. The van der Waals surface area contributed by atoms with Crippen molar-refractivity contribution in [3.8, 4) is 0 Å². The Bertz CT molecular complexity index is 912. The van der Waals surface area contributed by atoms with Crippen molar-refractivity contribution < 1.29 is 28.9 Å². The van der Waals surface area contributed by atoms with E-state index < -0.39 is 35.5 Å². The molecule has 8 nitrogen and oxygen atoms in total. The summed E-state index contributed by atoms with van der Waals surface area (Å²) in [5.41, 5.74) is 1.36. The summed E-state index contributed by atoms with van der Waals surface area (Å²) in [6.45, 7) is 3.87. The molecule has 2 heterocycles. The number of hydrogen-bond acceptors (Lipinski definition) is 7. The highest BCUT2D eigenvalue weighted by molar-refractivity contribution is 5.96. The third kappa shape index (κ3) is 3.36. The predicted octanol–water partition coefficient (Wildman–Crippen LogP) is 2.38. The lowest BCUT2D eigenvalue weighted by molar-refractivity contribution is -0.769. The van der Waals surface area contributed by atoms with Crippen LogP contribution in [0.3, 0.4) is 0 Å². The number of carbonyl (C=O) groups excluding carboxylic acids is 1. The normalized spacial score (nSPS) is 26.5. The molecule has 8 heteroatoms. The highest BCUT2D eigenvalue weighted by Crippen LogP contribution is 2.31. The number of ether oxygens (including phenoxy) is 3. The zero-order valence-electron chi connectivity index (χ0n) is 14.3. The molecule has 0 radical (unpaired) electrons. The van der Waals surface area contributed by atoms with Gasteiger partial charge in [-0.15, -0.1) is 10.1 Å². The number of fused-ring (bicyclic) bond motifs is 2. The zero-order chi connectivity index (χ0) is 19.0. The van der Waals surface area contributed by atoms with E-state index in [1.165, 1.54) is 0 Å². The van der Waals surface area contributed by atoms with Gasteiger partial charge in [0.2, 0.25) is 0 Å². The fourth-order valence-electron chi connectivity index (χ4n) is 3.46. The molecule has 4 unspecified atom stereocenters. The monoisotopic (exact) mass is 371 g/mol. The molecular formula is C19H17NO7. The Morgan fingerprint density at radius 3 is 2.56 bits per heavy atom. The van der Waals surface area contributed by atoms with Crippen molar-refractivity contribution in [3.63, 3.8) is 0 Å². The molecule has 4 rings (SSSR count). The minimum Gasteiger partial charge on any atom is -0.453 e. The summed E-state index contributed by atoms with van der Waals surface area (Å²) in [6.07, 6.45) is -0.919. The molecule has 2 saturated heterocycles. The van der Waals surface area contributed by atoms with E-state index in [2.05, 4.69) is 11.4 Å².